The highest BCUT2D eigenvalue weighted by molar-refractivity contribution is 6.05. The summed E-state index contributed by atoms with van der Waals surface area (Å²) in [5, 5.41) is 4.04. The van der Waals surface area contributed by atoms with Gasteiger partial charge in [-0.2, -0.15) is 5.10 Å². The third kappa shape index (κ3) is 2.50. The van der Waals surface area contributed by atoms with Gasteiger partial charge < -0.3 is 4.74 Å². The van der Waals surface area contributed by atoms with Crippen LogP contribution in [0.1, 0.15) is 18.9 Å². The Morgan fingerprint density at radius 3 is 2.71 bits per heavy atom. The fourth-order valence-electron chi connectivity index (χ4n) is 1.76. The van der Waals surface area contributed by atoms with Crippen LogP contribution < -0.4 is 10.2 Å². The molecule has 17 heavy (non-hydrogen) atoms. The Morgan fingerprint density at radius 1 is 1.41 bits per heavy atom. The van der Waals surface area contributed by atoms with Gasteiger partial charge in [0.05, 0.1) is 5.71 Å². The Hall–Kier alpha value is -2.17. The van der Waals surface area contributed by atoms with Gasteiger partial charge in [-0.1, -0.05) is 6.92 Å². The lowest BCUT2D eigenvalue weighted by Gasteiger charge is -2.19. The van der Waals surface area contributed by atoms with Crippen LogP contribution in [0.3, 0.4) is 0 Å². The molecule has 5 heteroatoms. The molecule has 0 bridgehead atoms. The Morgan fingerprint density at radius 2 is 2.12 bits per heavy atom. The maximum Gasteiger partial charge on any atom is 0.298 e. The molecule has 0 aliphatic carbocycles. The molecule has 1 amide bonds. The van der Waals surface area contributed by atoms with Gasteiger partial charge in [-0.15, -0.1) is 0 Å². The summed E-state index contributed by atoms with van der Waals surface area (Å²) in [4.78, 5) is 21.3. The summed E-state index contributed by atoms with van der Waals surface area (Å²) >= 11 is 0. The van der Waals surface area contributed by atoms with E-state index in [1.165, 1.54) is 0 Å². The number of rotatable bonds is 3. The molecule has 1 atom stereocenters. The van der Waals surface area contributed by atoms with Gasteiger partial charge in [-0.25, -0.2) is 5.43 Å². The lowest BCUT2D eigenvalue weighted by molar-refractivity contribution is -0.122. The second-order valence-corrected chi connectivity index (χ2v) is 3.88. The zero-order valence-electron chi connectivity index (χ0n) is 9.34. The number of carbonyl (C=O) groups is 2. The molecule has 1 unspecified atom stereocenters. The molecule has 2 rings (SSSR count). The van der Waals surface area contributed by atoms with E-state index in [-0.39, 0.29) is 11.8 Å². The standard InChI is InChI=1S/C12H12N2O3/c1-8-6-11(16)13-14-12(8)9-2-4-10(5-3-9)17-7-15/h2-5,7-8H,6H2,1H3,(H,13,16). The number of hydrazone groups is 1. The quantitative estimate of drug-likeness (QED) is 0.793. The van der Waals surface area contributed by atoms with Crippen LogP contribution in [0.15, 0.2) is 29.4 Å². The van der Waals surface area contributed by atoms with E-state index in [4.69, 9.17) is 4.74 Å². The van der Waals surface area contributed by atoms with Crippen LogP contribution in [0.25, 0.3) is 0 Å². The monoisotopic (exact) mass is 232 g/mol. The third-order valence-corrected chi connectivity index (χ3v) is 2.59. The highest BCUT2D eigenvalue weighted by atomic mass is 16.5. The molecule has 88 valence electrons. The smallest absolute Gasteiger partial charge is 0.298 e. The zero-order valence-corrected chi connectivity index (χ0v) is 9.34. The van der Waals surface area contributed by atoms with Crippen molar-refractivity contribution in [3.63, 3.8) is 0 Å². The zero-order chi connectivity index (χ0) is 12.3. The van der Waals surface area contributed by atoms with Crippen molar-refractivity contribution >= 4 is 18.1 Å². The first kappa shape index (κ1) is 11.3. The van der Waals surface area contributed by atoms with Crippen molar-refractivity contribution in [1.82, 2.24) is 5.43 Å². The largest absolute Gasteiger partial charge is 0.429 e. The van der Waals surface area contributed by atoms with Crippen molar-refractivity contribution in [2.24, 2.45) is 11.0 Å². The summed E-state index contributed by atoms with van der Waals surface area (Å²) in [6.07, 6.45) is 0.436. The maximum absolute atomic E-state index is 11.1. The summed E-state index contributed by atoms with van der Waals surface area (Å²) in [5.74, 6) is 0.501. The first-order valence-electron chi connectivity index (χ1n) is 5.28. The summed E-state index contributed by atoms with van der Waals surface area (Å²) in [6.45, 7) is 2.34. The van der Waals surface area contributed by atoms with Crippen molar-refractivity contribution in [1.29, 1.82) is 0 Å². The van der Waals surface area contributed by atoms with Gasteiger partial charge in [-0.3, -0.25) is 9.59 Å². The average molecular weight is 232 g/mol. The molecule has 1 aliphatic rings. The minimum Gasteiger partial charge on any atom is -0.429 e. The van der Waals surface area contributed by atoms with Crippen molar-refractivity contribution in [3.05, 3.63) is 29.8 Å². The number of nitrogens with one attached hydrogen (secondary N) is 1. The van der Waals surface area contributed by atoms with Crippen LogP contribution in [-0.4, -0.2) is 18.1 Å². The van der Waals surface area contributed by atoms with Crippen LogP contribution in [0.5, 0.6) is 5.75 Å². The van der Waals surface area contributed by atoms with Gasteiger partial charge in [0, 0.05) is 12.3 Å². The molecule has 1 aliphatic heterocycles. The molecule has 0 saturated heterocycles. The maximum atomic E-state index is 11.1. The molecule has 1 aromatic rings. The summed E-state index contributed by atoms with van der Waals surface area (Å²) < 4.78 is 4.70. The van der Waals surface area contributed by atoms with E-state index >= 15 is 0 Å². The first-order chi connectivity index (χ1) is 8.20. The topological polar surface area (TPSA) is 67.8 Å². The van der Waals surface area contributed by atoms with E-state index in [2.05, 4.69) is 10.5 Å². The van der Waals surface area contributed by atoms with Crippen LogP contribution in [0, 0.1) is 5.92 Å². The van der Waals surface area contributed by atoms with Crippen LogP contribution in [0.2, 0.25) is 0 Å². The normalized spacial score (nSPS) is 19.2. The highest BCUT2D eigenvalue weighted by Crippen LogP contribution is 2.19. The Kier molecular flexibility index (Phi) is 3.18. The van der Waals surface area contributed by atoms with Gasteiger partial charge in [0.25, 0.3) is 6.47 Å². The van der Waals surface area contributed by atoms with Crippen molar-refractivity contribution in [2.45, 2.75) is 13.3 Å². The average Bonchev–Trinajstić information content (AvgIpc) is 2.31. The Bertz CT molecular complexity index is 465. The van der Waals surface area contributed by atoms with E-state index in [9.17, 15) is 9.59 Å². The van der Waals surface area contributed by atoms with Gasteiger partial charge in [0.15, 0.2) is 0 Å². The van der Waals surface area contributed by atoms with Crippen LogP contribution >= 0.6 is 0 Å². The van der Waals surface area contributed by atoms with Gasteiger partial charge in [0.2, 0.25) is 5.91 Å². The molecule has 1 N–H and O–H groups in total. The predicted molar refractivity (Wildman–Crippen MR) is 61.6 cm³/mol. The number of amides is 1. The number of ether oxygens (including phenoxy) is 1. The molecule has 5 nitrogen and oxygen atoms in total. The number of benzene rings is 1. The molecule has 0 spiro atoms. The van der Waals surface area contributed by atoms with Gasteiger partial charge >= 0.3 is 0 Å². The third-order valence-electron chi connectivity index (χ3n) is 2.59. The minimum absolute atomic E-state index is 0.0674. The summed E-state index contributed by atoms with van der Waals surface area (Å²) in [7, 11) is 0. The molecular formula is C12H12N2O3. The van der Waals surface area contributed by atoms with E-state index in [1.54, 1.807) is 12.1 Å². The van der Waals surface area contributed by atoms with E-state index < -0.39 is 0 Å². The second-order valence-electron chi connectivity index (χ2n) is 3.88. The number of hydrogen-bond acceptors (Lipinski definition) is 4. The number of carbonyl (C=O) groups excluding carboxylic acids is 2. The van der Waals surface area contributed by atoms with Crippen molar-refractivity contribution < 1.29 is 14.3 Å². The lowest BCUT2D eigenvalue weighted by Crippen LogP contribution is -2.31. The number of nitrogens with zero attached hydrogens (tertiary/aromatic N) is 1. The van der Waals surface area contributed by atoms with Crippen LogP contribution in [0.4, 0.5) is 0 Å². The van der Waals surface area contributed by atoms with Gasteiger partial charge in [0.1, 0.15) is 5.75 Å². The summed E-state index contributed by atoms with van der Waals surface area (Å²) in [5.41, 5.74) is 4.21. The molecule has 0 fully saturated rings. The molecular weight excluding hydrogens is 220 g/mol. The lowest BCUT2D eigenvalue weighted by atomic mass is 9.94. The molecule has 0 saturated carbocycles. The van der Waals surface area contributed by atoms with E-state index in [0.717, 1.165) is 11.3 Å². The molecule has 0 aromatic heterocycles. The van der Waals surface area contributed by atoms with Crippen molar-refractivity contribution in [2.75, 3.05) is 0 Å². The molecule has 1 aromatic carbocycles. The van der Waals surface area contributed by atoms with Crippen LogP contribution in [-0.2, 0) is 9.59 Å². The highest BCUT2D eigenvalue weighted by Gasteiger charge is 2.21. The predicted octanol–water partition coefficient (Wildman–Crippen LogP) is 1.08. The fourth-order valence-corrected chi connectivity index (χ4v) is 1.76. The minimum atomic E-state index is -0.0674. The van der Waals surface area contributed by atoms with Gasteiger partial charge in [-0.05, 0) is 29.8 Å². The molecule has 1 heterocycles. The SMILES string of the molecule is CC1CC(=O)NN=C1c1ccc(OC=O)cc1. The first-order valence-corrected chi connectivity index (χ1v) is 5.28. The van der Waals surface area contributed by atoms with Crippen molar-refractivity contribution in [3.8, 4) is 5.75 Å². The number of hydrogen-bond donors (Lipinski definition) is 1. The fraction of sp³-hybridized carbons (Fsp3) is 0.250. The van der Waals surface area contributed by atoms with E-state index in [1.807, 2.05) is 19.1 Å². The second kappa shape index (κ2) is 4.78. The Balaban J connectivity index is 2.22. The molecule has 0 radical (unpaired) electrons. The summed E-state index contributed by atoms with van der Waals surface area (Å²) in [6, 6.07) is 7.00. The van der Waals surface area contributed by atoms with E-state index in [0.29, 0.717) is 18.6 Å². The Labute approximate surface area is 98.5 Å².